The fourth-order valence-electron chi connectivity index (χ4n) is 3.48. The first-order valence-electron chi connectivity index (χ1n) is 8.90. The van der Waals surface area contributed by atoms with E-state index in [4.69, 9.17) is 0 Å². The molecule has 7 nitrogen and oxygen atoms in total. The molecule has 0 bridgehead atoms. The number of carbonyl (C=O) groups is 1. The van der Waals surface area contributed by atoms with Gasteiger partial charge in [0.15, 0.2) is 9.84 Å². The van der Waals surface area contributed by atoms with E-state index in [0.717, 1.165) is 11.0 Å². The summed E-state index contributed by atoms with van der Waals surface area (Å²) in [5, 5.41) is 7.66. The molecule has 2 heterocycles. The van der Waals surface area contributed by atoms with Crippen LogP contribution < -0.4 is 0 Å². The first-order chi connectivity index (χ1) is 13.1. The first-order valence-corrected chi connectivity index (χ1v) is 10.5. The molecule has 0 spiro atoms. The summed E-state index contributed by atoms with van der Waals surface area (Å²) in [5.74, 6) is -0.0683. The van der Waals surface area contributed by atoms with E-state index in [9.17, 15) is 13.2 Å². The van der Waals surface area contributed by atoms with Gasteiger partial charge in [-0.05, 0) is 37.1 Å². The number of para-hydroxylation sites is 1. The number of aromatic nitrogens is 3. The van der Waals surface area contributed by atoms with E-state index in [1.807, 2.05) is 24.3 Å². The fourth-order valence-corrected chi connectivity index (χ4v) is 5.23. The van der Waals surface area contributed by atoms with Gasteiger partial charge in [-0.25, -0.2) is 13.1 Å². The lowest BCUT2D eigenvalue weighted by Crippen LogP contribution is -2.43. The van der Waals surface area contributed by atoms with Crippen LogP contribution in [-0.2, 0) is 21.2 Å². The number of rotatable bonds is 4. The van der Waals surface area contributed by atoms with E-state index >= 15 is 0 Å². The third-order valence-electron chi connectivity index (χ3n) is 5.01. The lowest BCUT2D eigenvalue weighted by molar-refractivity contribution is -0.132. The van der Waals surface area contributed by atoms with Gasteiger partial charge in [-0.2, -0.15) is 0 Å². The van der Waals surface area contributed by atoms with Crippen molar-refractivity contribution in [2.75, 3.05) is 13.1 Å². The highest BCUT2D eigenvalue weighted by atomic mass is 32.2. The number of sulfone groups is 1. The number of likely N-dealkylation sites (tertiary alicyclic amines) is 1. The maximum atomic E-state index is 12.7. The van der Waals surface area contributed by atoms with Gasteiger partial charge in [0.1, 0.15) is 12.1 Å². The lowest BCUT2D eigenvalue weighted by atomic mass is 10.1. The highest BCUT2D eigenvalue weighted by Gasteiger charge is 2.32. The van der Waals surface area contributed by atoms with Gasteiger partial charge < -0.3 is 4.90 Å². The normalized spacial score (nSPS) is 15.9. The Morgan fingerprint density at radius 1 is 1.00 bits per heavy atom. The van der Waals surface area contributed by atoms with Gasteiger partial charge in [-0.15, -0.1) is 5.10 Å². The fraction of sp³-hybridized carbons (Fsp3) is 0.316. The van der Waals surface area contributed by atoms with Crippen LogP contribution in [-0.4, -0.2) is 52.6 Å². The Hall–Kier alpha value is -2.74. The zero-order valence-electron chi connectivity index (χ0n) is 14.7. The van der Waals surface area contributed by atoms with Gasteiger partial charge in [0.25, 0.3) is 0 Å². The summed E-state index contributed by atoms with van der Waals surface area (Å²) in [6.45, 7) is 0.973. The predicted octanol–water partition coefficient (Wildman–Crippen LogP) is 1.90. The minimum absolute atomic E-state index is 0.0683. The van der Waals surface area contributed by atoms with Gasteiger partial charge >= 0.3 is 0 Å². The van der Waals surface area contributed by atoms with Crippen LogP contribution in [0.4, 0.5) is 0 Å². The van der Waals surface area contributed by atoms with Crippen LogP contribution in [0.3, 0.4) is 0 Å². The molecular formula is C19H20N4O3S. The third kappa shape index (κ3) is 3.44. The summed E-state index contributed by atoms with van der Waals surface area (Å²) >= 11 is 0. The smallest absolute Gasteiger partial charge is 0.244 e. The van der Waals surface area contributed by atoms with E-state index < -0.39 is 15.1 Å². The zero-order valence-corrected chi connectivity index (χ0v) is 15.5. The molecular weight excluding hydrogens is 364 g/mol. The molecule has 140 valence electrons. The Morgan fingerprint density at radius 2 is 1.67 bits per heavy atom. The molecule has 0 N–H and O–H groups in total. The van der Waals surface area contributed by atoms with Crippen molar-refractivity contribution in [3.8, 4) is 0 Å². The quantitative estimate of drug-likeness (QED) is 0.686. The van der Waals surface area contributed by atoms with E-state index in [2.05, 4.69) is 10.3 Å². The van der Waals surface area contributed by atoms with Crippen molar-refractivity contribution in [1.29, 1.82) is 0 Å². The predicted molar refractivity (Wildman–Crippen MR) is 101 cm³/mol. The van der Waals surface area contributed by atoms with E-state index in [1.165, 1.54) is 0 Å². The molecule has 2 aromatic carbocycles. The molecule has 1 amide bonds. The van der Waals surface area contributed by atoms with Crippen LogP contribution in [0.5, 0.6) is 0 Å². The molecule has 3 aromatic rings. The number of hydrogen-bond donors (Lipinski definition) is 0. The zero-order chi connectivity index (χ0) is 18.9. The standard InChI is InChI=1S/C19H20N4O3S/c24-19(14-23-18-9-5-4-8-17(18)20-21-23)22-12-10-16(11-13-22)27(25,26)15-6-2-1-3-7-15/h1-9,16H,10-14H2. The third-order valence-corrected chi connectivity index (χ3v) is 7.29. The van der Waals surface area contributed by atoms with Crippen LogP contribution in [0.15, 0.2) is 59.5 Å². The van der Waals surface area contributed by atoms with Gasteiger partial charge in [-0.3, -0.25) is 4.79 Å². The maximum Gasteiger partial charge on any atom is 0.244 e. The van der Waals surface area contributed by atoms with Gasteiger partial charge in [-0.1, -0.05) is 35.5 Å². The topological polar surface area (TPSA) is 85.2 Å². The minimum Gasteiger partial charge on any atom is -0.341 e. The molecule has 8 heteroatoms. The van der Waals surface area contributed by atoms with Crippen LogP contribution in [0.1, 0.15) is 12.8 Å². The Labute approximate surface area is 157 Å². The largest absolute Gasteiger partial charge is 0.341 e. The van der Waals surface area contributed by atoms with E-state index in [0.29, 0.717) is 30.8 Å². The summed E-state index contributed by atoms with van der Waals surface area (Å²) in [6.07, 6.45) is 0.891. The number of nitrogens with zero attached hydrogens (tertiary/aromatic N) is 4. The summed E-state index contributed by atoms with van der Waals surface area (Å²) in [5.41, 5.74) is 1.56. The number of benzene rings is 2. The Morgan fingerprint density at radius 3 is 2.41 bits per heavy atom. The summed E-state index contributed by atoms with van der Waals surface area (Å²) in [7, 11) is -3.36. The Kier molecular flexibility index (Phi) is 4.65. The molecule has 1 fully saturated rings. The molecule has 0 unspecified atom stereocenters. The SMILES string of the molecule is O=C(Cn1nnc2ccccc21)N1CCC(S(=O)(=O)c2ccccc2)CC1. The number of carbonyl (C=O) groups excluding carboxylic acids is 1. The van der Waals surface area contributed by atoms with Crippen molar-refractivity contribution in [3.63, 3.8) is 0 Å². The summed E-state index contributed by atoms with van der Waals surface area (Å²) in [4.78, 5) is 14.7. The number of piperidine rings is 1. The molecule has 1 saturated heterocycles. The molecule has 1 aliphatic rings. The highest BCUT2D eigenvalue weighted by molar-refractivity contribution is 7.92. The molecule has 1 aromatic heterocycles. The van der Waals surface area contributed by atoms with Crippen molar-refractivity contribution in [1.82, 2.24) is 19.9 Å². The van der Waals surface area contributed by atoms with Crippen molar-refractivity contribution in [3.05, 3.63) is 54.6 Å². The average molecular weight is 384 g/mol. The molecule has 27 heavy (non-hydrogen) atoms. The minimum atomic E-state index is -3.36. The Balaban J connectivity index is 1.41. The van der Waals surface area contributed by atoms with Gasteiger partial charge in [0, 0.05) is 13.1 Å². The maximum absolute atomic E-state index is 12.7. The molecule has 0 radical (unpaired) electrons. The molecule has 4 rings (SSSR count). The Bertz CT molecular complexity index is 1050. The summed E-state index contributed by atoms with van der Waals surface area (Å²) < 4.78 is 27.1. The van der Waals surface area contributed by atoms with Crippen molar-refractivity contribution < 1.29 is 13.2 Å². The van der Waals surface area contributed by atoms with Crippen LogP contribution in [0, 0.1) is 0 Å². The molecule has 1 aliphatic heterocycles. The number of fused-ring (bicyclic) bond motifs is 1. The van der Waals surface area contributed by atoms with Crippen LogP contribution in [0.25, 0.3) is 11.0 Å². The van der Waals surface area contributed by atoms with E-state index in [1.54, 1.807) is 39.9 Å². The van der Waals surface area contributed by atoms with Crippen LogP contribution in [0.2, 0.25) is 0 Å². The summed E-state index contributed by atoms with van der Waals surface area (Å²) in [6, 6.07) is 16.0. The van der Waals surface area contributed by atoms with Crippen molar-refractivity contribution in [2.24, 2.45) is 0 Å². The molecule has 0 atom stereocenters. The second-order valence-corrected chi connectivity index (χ2v) is 8.90. The van der Waals surface area contributed by atoms with E-state index in [-0.39, 0.29) is 12.5 Å². The van der Waals surface area contributed by atoms with Crippen molar-refractivity contribution in [2.45, 2.75) is 29.5 Å². The second-order valence-electron chi connectivity index (χ2n) is 6.67. The van der Waals surface area contributed by atoms with Gasteiger partial charge in [0.05, 0.1) is 15.7 Å². The number of amides is 1. The monoisotopic (exact) mass is 384 g/mol. The van der Waals surface area contributed by atoms with Gasteiger partial charge in [0.2, 0.25) is 5.91 Å². The average Bonchev–Trinajstić information content (AvgIpc) is 3.12. The highest BCUT2D eigenvalue weighted by Crippen LogP contribution is 2.24. The first kappa shape index (κ1) is 17.7. The lowest BCUT2D eigenvalue weighted by Gasteiger charge is -2.31. The molecule has 0 aliphatic carbocycles. The second kappa shape index (κ2) is 7.11. The van der Waals surface area contributed by atoms with Crippen LogP contribution >= 0.6 is 0 Å². The molecule has 0 saturated carbocycles. The van der Waals surface area contributed by atoms with Crippen molar-refractivity contribution >= 4 is 26.8 Å². The number of hydrogen-bond acceptors (Lipinski definition) is 5.